The molecule has 0 unspecified atom stereocenters. The van der Waals surface area contributed by atoms with E-state index in [4.69, 9.17) is 16.2 Å². The van der Waals surface area contributed by atoms with Crippen LogP contribution in [0.2, 0.25) is 0 Å². The highest BCUT2D eigenvalue weighted by Gasteiger charge is 2.70. The molecule has 7 nitrogen and oxygen atoms in total. The summed E-state index contributed by atoms with van der Waals surface area (Å²) in [5.74, 6) is -1.16. The summed E-state index contributed by atoms with van der Waals surface area (Å²) in [4.78, 5) is 24.8. The molecule has 0 heterocycles. The predicted octanol–water partition coefficient (Wildman–Crippen LogP) is 4.10. The first kappa shape index (κ1) is 28.1. The Morgan fingerprint density at radius 2 is 1.73 bits per heavy atom. The Morgan fingerprint density at radius 1 is 1.05 bits per heavy atom. The number of rotatable bonds is 4. The molecule has 4 aliphatic rings. The molecule has 0 aliphatic heterocycles. The van der Waals surface area contributed by atoms with Gasteiger partial charge in [-0.1, -0.05) is 38.5 Å². The SMILES string of the molecule is CC(=O)O[C@H]1C[C@@]2(C)[C@H](/C1=C(\C=C/C=C(C)C)C(=O)O)[C@@H](N)C[C@H]1[C@@]3(C)CC[C@@H](O)[C@@H](N)[C@@H]3CC[C@@]12C. The van der Waals surface area contributed by atoms with E-state index in [1.165, 1.54) is 6.92 Å². The molecule has 4 fully saturated rings. The second-order valence-corrected chi connectivity index (χ2v) is 13.2. The molecule has 0 aromatic rings. The van der Waals surface area contributed by atoms with Crippen molar-refractivity contribution in [1.82, 2.24) is 0 Å². The highest BCUT2D eigenvalue weighted by atomic mass is 16.5. The van der Waals surface area contributed by atoms with Gasteiger partial charge in [0, 0.05) is 24.9 Å². The number of fused-ring (bicyclic) bond motifs is 5. The van der Waals surface area contributed by atoms with Crippen LogP contribution in [0.5, 0.6) is 0 Å². The average molecular weight is 515 g/mol. The van der Waals surface area contributed by atoms with Gasteiger partial charge in [-0.15, -0.1) is 0 Å². The topological polar surface area (TPSA) is 136 Å². The number of ether oxygens (including phenoxy) is 1. The van der Waals surface area contributed by atoms with E-state index in [2.05, 4.69) is 20.8 Å². The lowest BCUT2D eigenvalue weighted by Crippen LogP contribution is -2.67. The maximum atomic E-state index is 12.6. The average Bonchev–Trinajstić information content (AvgIpc) is 3.08. The van der Waals surface area contributed by atoms with Gasteiger partial charge in [0.15, 0.2) is 0 Å². The molecule has 0 saturated heterocycles. The molecule has 0 amide bonds. The van der Waals surface area contributed by atoms with E-state index >= 15 is 0 Å². The molecule has 10 atom stereocenters. The molecular weight excluding hydrogens is 468 g/mol. The van der Waals surface area contributed by atoms with Crippen molar-refractivity contribution in [3.63, 3.8) is 0 Å². The van der Waals surface area contributed by atoms with E-state index in [0.29, 0.717) is 18.4 Å². The summed E-state index contributed by atoms with van der Waals surface area (Å²) in [6.45, 7) is 12.2. The largest absolute Gasteiger partial charge is 0.478 e. The number of hydrogen-bond acceptors (Lipinski definition) is 6. The Kier molecular flexibility index (Phi) is 7.32. The molecule has 6 N–H and O–H groups in total. The van der Waals surface area contributed by atoms with Gasteiger partial charge in [-0.05, 0) is 92.1 Å². The minimum Gasteiger partial charge on any atom is -0.478 e. The Labute approximate surface area is 221 Å². The lowest BCUT2D eigenvalue weighted by molar-refractivity contribution is -0.193. The van der Waals surface area contributed by atoms with E-state index in [9.17, 15) is 19.8 Å². The molecule has 4 rings (SSSR count). The number of hydrogen-bond donors (Lipinski definition) is 4. The van der Waals surface area contributed by atoms with Gasteiger partial charge in [-0.3, -0.25) is 4.79 Å². The van der Waals surface area contributed by atoms with Gasteiger partial charge in [0.2, 0.25) is 0 Å². The van der Waals surface area contributed by atoms with Crippen molar-refractivity contribution in [2.75, 3.05) is 0 Å². The van der Waals surface area contributed by atoms with E-state index < -0.39 is 24.1 Å². The van der Waals surface area contributed by atoms with Crippen molar-refractivity contribution < 1.29 is 24.5 Å². The second kappa shape index (κ2) is 9.65. The normalized spacial score (nSPS) is 46.5. The maximum Gasteiger partial charge on any atom is 0.335 e. The molecule has 0 aromatic heterocycles. The zero-order valence-electron chi connectivity index (χ0n) is 23.3. The third kappa shape index (κ3) is 4.31. The van der Waals surface area contributed by atoms with Gasteiger partial charge in [0.05, 0.1) is 11.7 Å². The van der Waals surface area contributed by atoms with Gasteiger partial charge in [0.1, 0.15) is 6.10 Å². The summed E-state index contributed by atoms with van der Waals surface area (Å²) < 4.78 is 5.86. The van der Waals surface area contributed by atoms with Crippen LogP contribution in [0.4, 0.5) is 0 Å². The van der Waals surface area contributed by atoms with Crippen molar-refractivity contribution in [1.29, 1.82) is 0 Å². The van der Waals surface area contributed by atoms with Crippen molar-refractivity contribution in [2.45, 2.75) is 104 Å². The molecule has 4 aliphatic carbocycles. The fourth-order valence-corrected chi connectivity index (χ4v) is 9.21. The van der Waals surface area contributed by atoms with Gasteiger partial charge < -0.3 is 26.4 Å². The number of nitrogens with two attached hydrogens (primary N) is 2. The number of carboxylic acids is 1. The first-order valence-electron chi connectivity index (χ1n) is 13.8. The van der Waals surface area contributed by atoms with Crippen LogP contribution in [-0.2, 0) is 14.3 Å². The fraction of sp³-hybridized carbons (Fsp3) is 0.733. The van der Waals surface area contributed by atoms with Crippen LogP contribution in [0.1, 0.15) is 80.1 Å². The van der Waals surface area contributed by atoms with Gasteiger partial charge >= 0.3 is 11.9 Å². The summed E-state index contributed by atoms with van der Waals surface area (Å²) in [7, 11) is 0. The third-order valence-corrected chi connectivity index (χ3v) is 11.0. The lowest BCUT2D eigenvalue weighted by Gasteiger charge is -2.68. The molecule has 206 valence electrons. The predicted molar refractivity (Wildman–Crippen MR) is 143 cm³/mol. The monoisotopic (exact) mass is 514 g/mol. The van der Waals surface area contributed by atoms with Crippen LogP contribution in [0, 0.1) is 34.0 Å². The van der Waals surface area contributed by atoms with E-state index in [-0.39, 0.29) is 51.7 Å². The number of carbonyl (C=O) groups is 2. The number of aliphatic hydroxyl groups excluding tert-OH is 1. The summed E-state index contributed by atoms with van der Waals surface area (Å²) in [6, 6.07) is -0.514. The number of aliphatic carboxylic acids is 1. The van der Waals surface area contributed by atoms with E-state index in [1.807, 2.05) is 19.9 Å². The Morgan fingerprint density at radius 3 is 2.32 bits per heavy atom. The van der Waals surface area contributed by atoms with Crippen LogP contribution in [0.15, 0.2) is 34.9 Å². The van der Waals surface area contributed by atoms with Crippen LogP contribution < -0.4 is 11.5 Å². The third-order valence-electron chi connectivity index (χ3n) is 11.0. The lowest BCUT2D eigenvalue weighted by atomic mass is 9.37. The van der Waals surface area contributed by atoms with Gasteiger partial charge in [-0.2, -0.15) is 0 Å². The number of carboxylic acid groups (broad SMARTS) is 1. The molecule has 0 radical (unpaired) electrons. The highest BCUT2D eigenvalue weighted by molar-refractivity contribution is 5.91. The van der Waals surface area contributed by atoms with Crippen LogP contribution >= 0.6 is 0 Å². The van der Waals surface area contributed by atoms with Gasteiger partial charge in [0.25, 0.3) is 0 Å². The highest BCUT2D eigenvalue weighted by Crippen LogP contribution is 2.73. The van der Waals surface area contributed by atoms with Crippen LogP contribution in [0.3, 0.4) is 0 Å². The molecule has 0 bridgehead atoms. The minimum atomic E-state index is -1.03. The Balaban J connectivity index is 1.86. The number of allylic oxidation sites excluding steroid dienone is 3. The molecule has 4 saturated carbocycles. The van der Waals surface area contributed by atoms with E-state index in [0.717, 1.165) is 31.3 Å². The molecular formula is C30H46N2O5. The molecule has 7 heteroatoms. The molecule has 37 heavy (non-hydrogen) atoms. The summed E-state index contributed by atoms with van der Waals surface area (Å²) in [5.41, 5.74) is 14.9. The maximum absolute atomic E-state index is 12.6. The fourth-order valence-electron chi connectivity index (χ4n) is 9.21. The zero-order valence-corrected chi connectivity index (χ0v) is 23.3. The minimum absolute atomic E-state index is 0.0559. The van der Waals surface area contributed by atoms with Crippen LogP contribution in [-0.4, -0.2) is 46.4 Å². The summed E-state index contributed by atoms with van der Waals surface area (Å²) in [6.07, 6.45) is 8.91. The van der Waals surface area contributed by atoms with Gasteiger partial charge in [-0.25, -0.2) is 4.79 Å². The second-order valence-electron chi connectivity index (χ2n) is 13.2. The standard InChI is InChI=1S/C30H46N2O5/c1-16(2)8-7-9-18(27(35)36)24-22(37-17(3)33)15-30(6)25(24)20(31)14-23-28(4)12-11-21(34)26(32)19(28)10-13-29(23,30)5/h7-9,19-23,25-26,34H,10-15,31-32H2,1-6H3,(H,35,36)/b9-7-,24-18+/t19-,20-,21+,22-,23-,25-,26-,28-,29-,30-/m0/s1. The Hall–Kier alpha value is -1.96. The van der Waals surface area contributed by atoms with Crippen molar-refractivity contribution >= 4 is 11.9 Å². The number of esters is 1. The molecule has 0 aromatic carbocycles. The van der Waals surface area contributed by atoms with Crippen molar-refractivity contribution in [2.24, 2.45) is 45.5 Å². The van der Waals surface area contributed by atoms with E-state index in [1.54, 1.807) is 12.2 Å². The number of aliphatic hydroxyl groups is 1. The van der Waals surface area contributed by atoms with Crippen molar-refractivity contribution in [3.05, 3.63) is 34.9 Å². The van der Waals surface area contributed by atoms with Crippen molar-refractivity contribution in [3.8, 4) is 0 Å². The first-order chi connectivity index (χ1) is 17.2. The summed E-state index contributed by atoms with van der Waals surface area (Å²) in [5, 5.41) is 20.9. The number of carbonyl (C=O) groups excluding carboxylic acids is 1. The quantitative estimate of drug-likeness (QED) is 0.252. The zero-order chi connectivity index (χ0) is 27.5. The summed E-state index contributed by atoms with van der Waals surface area (Å²) >= 11 is 0. The molecule has 0 spiro atoms. The van der Waals surface area contributed by atoms with Crippen LogP contribution in [0.25, 0.3) is 0 Å². The Bertz CT molecular complexity index is 1040. The smallest absolute Gasteiger partial charge is 0.335 e. The first-order valence-corrected chi connectivity index (χ1v) is 13.8.